The first-order valence-corrected chi connectivity index (χ1v) is 8.13. The molecule has 1 aliphatic heterocycles. The van der Waals surface area contributed by atoms with Gasteiger partial charge in [0.05, 0.1) is 23.2 Å². The first-order valence-electron chi connectivity index (χ1n) is 6.31. The Morgan fingerprint density at radius 2 is 2.06 bits per heavy atom. The van der Waals surface area contributed by atoms with Crippen molar-refractivity contribution in [2.45, 2.75) is 43.9 Å². The molecule has 0 bridgehead atoms. The molecule has 1 saturated carbocycles. The van der Waals surface area contributed by atoms with Crippen molar-refractivity contribution in [3.05, 3.63) is 17.0 Å². The topological polar surface area (TPSA) is 75.8 Å². The third kappa shape index (κ3) is 1.83. The van der Waals surface area contributed by atoms with Gasteiger partial charge in [0.1, 0.15) is 11.8 Å². The van der Waals surface area contributed by atoms with Gasteiger partial charge in [-0.05, 0) is 19.3 Å². The maximum absolute atomic E-state index is 11.6. The summed E-state index contributed by atoms with van der Waals surface area (Å²) < 4.78 is 25.0. The summed E-state index contributed by atoms with van der Waals surface area (Å²) in [6.07, 6.45) is 4.86. The van der Waals surface area contributed by atoms with E-state index in [0.717, 1.165) is 18.4 Å². The van der Waals surface area contributed by atoms with Crippen molar-refractivity contribution in [2.24, 2.45) is 0 Å². The summed E-state index contributed by atoms with van der Waals surface area (Å²) in [6, 6.07) is 2.50. The molecule has 6 heteroatoms. The van der Waals surface area contributed by atoms with Gasteiger partial charge in [-0.25, -0.2) is 8.42 Å². The summed E-state index contributed by atoms with van der Waals surface area (Å²) in [5.74, 6) is 0.141. The highest BCUT2D eigenvalue weighted by atomic mass is 32.2. The molecule has 0 radical (unpaired) electrons. The summed E-state index contributed by atoms with van der Waals surface area (Å²) in [7, 11) is -3.02. The zero-order valence-electron chi connectivity index (χ0n) is 10.1. The molecule has 0 N–H and O–H groups in total. The van der Waals surface area contributed by atoms with E-state index in [2.05, 4.69) is 11.2 Å². The van der Waals surface area contributed by atoms with Gasteiger partial charge >= 0.3 is 0 Å². The second kappa shape index (κ2) is 4.09. The van der Waals surface area contributed by atoms with Crippen LogP contribution in [0.4, 0.5) is 0 Å². The number of aromatic nitrogens is 2. The maximum Gasteiger partial charge on any atom is 0.156 e. The highest BCUT2D eigenvalue weighted by molar-refractivity contribution is 7.90. The van der Waals surface area contributed by atoms with E-state index in [1.807, 2.05) is 0 Å². The first kappa shape index (κ1) is 11.7. The van der Waals surface area contributed by atoms with Gasteiger partial charge in [-0.1, -0.05) is 12.8 Å². The number of hydrogen-bond acceptors (Lipinski definition) is 4. The van der Waals surface area contributed by atoms with Crippen LogP contribution < -0.4 is 0 Å². The van der Waals surface area contributed by atoms with Gasteiger partial charge in [0.2, 0.25) is 0 Å². The summed E-state index contributed by atoms with van der Waals surface area (Å²) in [4.78, 5) is 0. The lowest BCUT2D eigenvalue weighted by atomic mass is 10.1. The molecule has 0 aromatic carbocycles. The Balaban J connectivity index is 2.07. The van der Waals surface area contributed by atoms with Crippen LogP contribution in [0, 0.1) is 11.3 Å². The SMILES string of the molecule is N#Cc1c2c(nn1C1CCCC1)CS(=O)(=O)CC2. The van der Waals surface area contributed by atoms with Crippen LogP contribution in [-0.4, -0.2) is 24.0 Å². The average molecular weight is 265 g/mol. The third-order valence-electron chi connectivity index (χ3n) is 3.89. The zero-order chi connectivity index (χ0) is 12.8. The van der Waals surface area contributed by atoms with Crippen molar-refractivity contribution in [3.63, 3.8) is 0 Å². The van der Waals surface area contributed by atoms with E-state index in [1.165, 1.54) is 12.8 Å². The summed E-state index contributed by atoms with van der Waals surface area (Å²) >= 11 is 0. The molecule has 1 aromatic rings. The zero-order valence-corrected chi connectivity index (χ0v) is 10.9. The molecule has 0 unspecified atom stereocenters. The highest BCUT2D eigenvalue weighted by Crippen LogP contribution is 2.33. The van der Waals surface area contributed by atoms with Gasteiger partial charge in [0.25, 0.3) is 0 Å². The predicted molar refractivity (Wildman–Crippen MR) is 65.6 cm³/mol. The van der Waals surface area contributed by atoms with E-state index in [9.17, 15) is 13.7 Å². The van der Waals surface area contributed by atoms with Crippen molar-refractivity contribution in [2.75, 3.05) is 5.75 Å². The van der Waals surface area contributed by atoms with Crippen molar-refractivity contribution in [1.82, 2.24) is 9.78 Å². The molecule has 0 spiro atoms. The van der Waals surface area contributed by atoms with Crippen LogP contribution in [0.5, 0.6) is 0 Å². The summed E-state index contributed by atoms with van der Waals surface area (Å²) in [5, 5.41) is 13.7. The molecule has 18 heavy (non-hydrogen) atoms. The molecule has 2 heterocycles. The Kier molecular flexibility index (Phi) is 2.67. The Hall–Kier alpha value is -1.35. The summed E-state index contributed by atoms with van der Waals surface area (Å²) in [6.45, 7) is 0. The van der Waals surface area contributed by atoms with Crippen molar-refractivity contribution < 1.29 is 8.42 Å². The Bertz CT molecular complexity index is 618. The Labute approximate surface area is 106 Å². The molecule has 1 aromatic heterocycles. The van der Waals surface area contributed by atoms with Crippen molar-refractivity contribution >= 4 is 9.84 Å². The fourth-order valence-electron chi connectivity index (χ4n) is 2.96. The second-order valence-electron chi connectivity index (χ2n) is 5.11. The molecule has 3 rings (SSSR count). The van der Waals surface area contributed by atoms with E-state index in [-0.39, 0.29) is 17.5 Å². The lowest BCUT2D eigenvalue weighted by Gasteiger charge is -2.11. The molecule has 96 valence electrons. The maximum atomic E-state index is 11.6. The van der Waals surface area contributed by atoms with E-state index in [0.29, 0.717) is 17.8 Å². The first-order chi connectivity index (χ1) is 8.61. The van der Waals surface area contributed by atoms with Crippen molar-refractivity contribution in [1.29, 1.82) is 5.26 Å². The minimum absolute atomic E-state index is 0.00324. The van der Waals surface area contributed by atoms with Crippen LogP contribution in [0.15, 0.2) is 0 Å². The number of hydrogen-bond donors (Lipinski definition) is 0. The predicted octanol–water partition coefficient (Wildman–Crippen LogP) is 1.34. The quantitative estimate of drug-likeness (QED) is 0.768. The molecular weight excluding hydrogens is 250 g/mol. The molecule has 1 aliphatic carbocycles. The Morgan fingerprint density at radius 1 is 1.33 bits per heavy atom. The van der Waals surface area contributed by atoms with Crippen LogP contribution in [0.3, 0.4) is 0 Å². The minimum atomic E-state index is -3.02. The number of fused-ring (bicyclic) bond motifs is 1. The normalized spacial score (nSPS) is 22.6. The molecular formula is C12H15N3O2S. The third-order valence-corrected chi connectivity index (χ3v) is 5.43. The van der Waals surface area contributed by atoms with Gasteiger partial charge < -0.3 is 0 Å². The van der Waals surface area contributed by atoms with Gasteiger partial charge in [0, 0.05) is 5.56 Å². The number of nitrogens with zero attached hydrogens (tertiary/aromatic N) is 3. The number of rotatable bonds is 1. The number of nitriles is 1. The second-order valence-corrected chi connectivity index (χ2v) is 7.29. The molecule has 0 amide bonds. The Morgan fingerprint density at radius 3 is 2.72 bits per heavy atom. The van der Waals surface area contributed by atoms with Crippen LogP contribution in [0.1, 0.15) is 48.7 Å². The molecule has 5 nitrogen and oxygen atoms in total. The van der Waals surface area contributed by atoms with Gasteiger partial charge in [-0.3, -0.25) is 4.68 Å². The molecule has 2 aliphatic rings. The largest absolute Gasteiger partial charge is 0.251 e. The van der Waals surface area contributed by atoms with Gasteiger partial charge in [0.15, 0.2) is 9.84 Å². The fourth-order valence-corrected chi connectivity index (χ4v) is 4.27. The molecule has 1 fully saturated rings. The smallest absolute Gasteiger partial charge is 0.156 e. The van der Waals surface area contributed by atoms with Crippen LogP contribution in [0.25, 0.3) is 0 Å². The van der Waals surface area contributed by atoms with Crippen LogP contribution in [-0.2, 0) is 22.0 Å². The van der Waals surface area contributed by atoms with E-state index in [1.54, 1.807) is 4.68 Å². The molecule has 0 atom stereocenters. The van der Waals surface area contributed by atoms with E-state index in [4.69, 9.17) is 0 Å². The lowest BCUT2D eigenvalue weighted by molar-refractivity contribution is 0.459. The summed E-state index contributed by atoms with van der Waals surface area (Å²) in [5.41, 5.74) is 2.05. The van der Waals surface area contributed by atoms with Crippen LogP contribution >= 0.6 is 0 Å². The monoisotopic (exact) mass is 265 g/mol. The van der Waals surface area contributed by atoms with E-state index >= 15 is 0 Å². The lowest BCUT2D eigenvalue weighted by Crippen LogP contribution is -2.18. The van der Waals surface area contributed by atoms with Crippen LogP contribution in [0.2, 0.25) is 0 Å². The minimum Gasteiger partial charge on any atom is -0.251 e. The standard InChI is InChI=1S/C12H15N3O2S/c13-7-12-10-5-6-18(16,17)8-11(10)14-15(12)9-3-1-2-4-9/h9H,1-6,8H2. The average Bonchev–Trinajstić information content (AvgIpc) is 2.92. The van der Waals surface area contributed by atoms with Gasteiger partial charge in [-0.2, -0.15) is 10.4 Å². The number of sulfone groups is 1. The highest BCUT2D eigenvalue weighted by Gasteiger charge is 2.31. The fraction of sp³-hybridized carbons (Fsp3) is 0.667. The van der Waals surface area contributed by atoms with Gasteiger partial charge in [-0.15, -0.1) is 0 Å². The van der Waals surface area contributed by atoms with Crippen molar-refractivity contribution in [3.8, 4) is 6.07 Å². The van der Waals surface area contributed by atoms with E-state index < -0.39 is 9.84 Å². The molecule has 0 saturated heterocycles.